The fraction of sp³-hybridized carbons (Fsp3) is 0.600. The highest BCUT2D eigenvalue weighted by atomic mass is 16.5. The van der Waals surface area contributed by atoms with Crippen molar-refractivity contribution in [2.45, 2.75) is 26.8 Å². The van der Waals surface area contributed by atoms with E-state index in [4.69, 9.17) is 10.5 Å². The zero-order chi connectivity index (χ0) is 13.1. The molecule has 2 N–H and O–H groups in total. The van der Waals surface area contributed by atoms with Crippen molar-refractivity contribution in [2.75, 3.05) is 25.9 Å². The van der Waals surface area contributed by atoms with Crippen molar-refractivity contribution < 1.29 is 4.74 Å². The van der Waals surface area contributed by atoms with Crippen molar-refractivity contribution in [3.63, 3.8) is 0 Å². The van der Waals surface area contributed by atoms with E-state index in [-0.39, 0.29) is 0 Å². The lowest BCUT2D eigenvalue weighted by Crippen LogP contribution is -2.37. The van der Waals surface area contributed by atoms with Crippen LogP contribution in [-0.4, -0.2) is 25.1 Å². The van der Waals surface area contributed by atoms with Gasteiger partial charge in [-0.2, -0.15) is 0 Å². The van der Waals surface area contributed by atoms with Gasteiger partial charge in [0.25, 0.3) is 0 Å². The summed E-state index contributed by atoms with van der Waals surface area (Å²) in [5, 5.41) is 0. The van der Waals surface area contributed by atoms with Crippen molar-refractivity contribution >= 4 is 5.69 Å². The predicted octanol–water partition coefficient (Wildman–Crippen LogP) is 2.76. The molecule has 2 unspecified atom stereocenters. The molecule has 0 aromatic heterocycles. The predicted molar refractivity (Wildman–Crippen MR) is 75.6 cm³/mol. The van der Waals surface area contributed by atoms with Gasteiger partial charge in [0.1, 0.15) is 5.75 Å². The molecule has 1 aromatic carbocycles. The maximum atomic E-state index is 5.94. The van der Waals surface area contributed by atoms with E-state index in [1.807, 2.05) is 12.1 Å². The minimum absolute atomic E-state index is 0.730. The second-order valence-corrected chi connectivity index (χ2v) is 5.55. The van der Waals surface area contributed by atoms with Crippen LogP contribution in [0.15, 0.2) is 18.2 Å². The number of ether oxygens (including phenoxy) is 1. The topological polar surface area (TPSA) is 38.5 Å². The maximum Gasteiger partial charge on any atom is 0.141 e. The molecule has 0 amide bonds. The molecule has 1 aromatic rings. The van der Waals surface area contributed by atoms with E-state index < -0.39 is 0 Å². The minimum Gasteiger partial charge on any atom is -0.495 e. The van der Waals surface area contributed by atoms with Gasteiger partial charge < -0.3 is 10.5 Å². The first-order valence-electron chi connectivity index (χ1n) is 6.75. The van der Waals surface area contributed by atoms with Crippen LogP contribution in [0, 0.1) is 11.8 Å². The number of methoxy groups -OCH3 is 1. The number of piperidine rings is 1. The van der Waals surface area contributed by atoms with E-state index >= 15 is 0 Å². The highest BCUT2D eigenvalue weighted by Gasteiger charge is 2.22. The monoisotopic (exact) mass is 248 g/mol. The lowest BCUT2D eigenvalue weighted by Gasteiger charge is -2.35. The van der Waals surface area contributed by atoms with Crippen LogP contribution in [0.3, 0.4) is 0 Å². The highest BCUT2D eigenvalue weighted by molar-refractivity contribution is 5.54. The lowest BCUT2D eigenvalue weighted by molar-refractivity contribution is 0.132. The van der Waals surface area contributed by atoms with Gasteiger partial charge in [-0.3, -0.25) is 4.90 Å². The number of anilines is 1. The Kier molecular flexibility index (Phi) is 4.12. The first-order chi connectivity index (χ1) is 8.60. The maximum absolute atomic E-state index is 5.94. The van der Waals surface area contributed by atoms with E-state index in [9.17, 15) is 0 Å². The Bertz CT molecular complexity index is 405. The molecule has 1 saturated heterocycles. The summed E-state index contributed by atoms with van der Waals surface area (Å²) in [6.45, 7) is 8.07. The average molecular weight is 248 g/mol. The third-order valence-electron chi connectivity index (χ3n) is 4.12. The van der Waals surface area contributed by atoms with Gasteiger partial charge in [0.15, 0.2) is 0 Å². The van der Waals surface area contributed by atoms with Crippen LogP contribution in [0.4, 0.5) is 5.69 Å². The van der Waals surface area contributed by atoms with Crippen LogP contribution in [-0.2, 0) is 6.54 Å². The number of nitrogens with zero attached hydrogens (tertiary/aromatic N) is 1. The summed E-state index contributed by atoms with van der Waals surface area (Å²) in [5.74, 6) is 2.40. The van der Waals surface area contributed by atoms with Crippen LogP contribution in [0.25, 0.3) is 0 Å². The minimum atomic E-state index is 0.730. The van der Waals surface area contributed by atoms with Crippen LogP contribution in [0.1, 0.15) is 25.8 Å². The second kappa shape index (κ2) is 5.61. The summed E-state index contributed by atoms with van der Waals surface area (Å²) in [6, 6.07) is 6.10. The number of benzene rings is 1. The molecule has 0 spiro atoms. The molecular weight excluding hydrogens is 224 g/mol. The number of nitrogens with two attached hydrogens (primary N) is 1. The SMILES string of the molecule is COc1ccc(CN2CCC(C)C(C)C2)cc1N. The van der Waals surface area contributed by atoms with Crippen LogP contribution in [0.2, 0.25) is 0 Å². The normalized spacial score (nSPS) is 25.1. The van der Waals surface area contributed by atoms with Gasteiger partial charge in [-0.1, -0.05) is 19.9 Å². The molecule has 0 radical (unpaired) electrons. The van der Waals surface area contributed by atoms with E-state index in [2.05, 4.69) is 24.8 Å². The Balaban J connectivity index is 1.99. The van der Waals surface area contributed by atoms with Gasteiger partial charge in [0, 0.05) is 13.1 Å². The molecule has 2 rings (SSSR count). The number of nitrogen functional groups attached to an aromatic ring is 1. The van der Waals surface area contributed by atoms with E-state index in [0.717, 1.165) is 29.8 Å². The molecule has 1 aliphatic rings. The van der Waals surface area contributed by atoms with Crippen LogP contribution >= 0.6 is 0 Å². The highest BCUT2D eigenvalue weighted by Crippen LogP contribution is 2.26. The van der Waals surface area contributed by atoms with E-state index in [1.165, 1.54) is 25.1 Å². The Labute approximate surface area is 110 Å². The molecular formula is C15H24N2O. The molecule has 2 atom stereocenters. The fourth-order valence-corrected chi connectivity index (χ4v) is 2.63. The summed E-state index contributed by atoms with van der Waals surface area (Å²) in [4.78, 5) is 2.52. The van der Waals surface area contributed by atoms with Gasteiger partial charge >= 0.3 is 0 Å². The van der Waals surface area contributed by atoms with E-state index in [0.29, 0.717) is 0 Å². The quantitative estimate of drug-likeness (QED) is 0.836. The first-order valence-corrected chi connectivity index (χ1v) is 6.75. The smallest absolute Gasteiger partial charge is 0.141 e. The molecule has 18 heavy (non-hydrogen) atoms. The van der Waals surface area contributed by atoms with Gasteiger partial charge in [-0.15, -0.1) is 0 Å². The van der Waals surface area contributed by atoms with E-state index in [1.54, 1.807) is 7.11 Å². The van der Waals surface area contributed by atoms with Gasteiger partial charge in [0.05, 0.1) is 12.8 Å². The largest absolute Gasteiger partial charge is 0.495 e. The van der Waals surface area contributed by atoms with Crippen LogP contribution in [0.5, 0.6) is 5.75 Å². The van der Waals surface area contributed by atoms with Crippen molar-refractivity contribution in [3.05, 3.63) is 23.8 Å². The van der Waals surface area contributed by atoms with Crippen molar-refractivity contribution in [2.24, 2.45) is 11.8 Å². The molecule has 0 bridgehead atoms. The first kappa shape index (κ1) is 13.2. The Morgan fingerprint density at radius 1 is 1.33 bits per heavy atom. The summed E-state index contributed by atoms with van der Waals surface area (Å²) < 4.78 is 5.18. The Hall–Kier alpha value is -1.22. The molecule has 3 nitrogen and oxygen atoms in total. The zero-order valence-corrected chi connectivity index (χ0v) is 11.6. The Morgan fingerprint density at radius 3 is 2.72 bits per heavy atom. The summed E-state index contributed by atoms with van der Waals surface area (Å²) in [5.41, 5.74) is 7.95. The van der Waals surface area contributed by atoms with Gasteiger partial charge in [-0.25, -0.2) is 0 Å². The number of rotatable bonds is 3. The lowest BCUT2D eigenvalue weighted by atomic mass is 9.88. The average Bonchev–Trinajstić information content (AvgIpc) is 2.34. The Morgan fingerprint density at radius 2 is 2.11 bits per heavy atom. The summed E-state index contributed by atoms with van der Waals surface area (Å²) >= 11 is 0. The zero-order valence-electron chi connectivity index (χ0n) is 11.6. The van der Waals surface area contributed by atoms with Gasteiger partial charge in [0.2, 0.25) is 0 Å². The van der Waals surface area contributed by atoms with Gasteiger partial charge in [-0.05, 0) is 42.5 Å². The fourth-order valence-electron chi connectivity index (χ4n) is 2.63. The molecule has 1 aliphatic heterocycles. The standard InChI is InChI=1S/C15H24N2O/c1-11-6-7-17(9-12(11)2)10-13-4-5-15(18-3)14(16)8-13/h4-5,8,11-12H,6-7,9-10,16H2,1-3H3. The van der Waals surface area contributed by atoms with Crippen molar-refractivity contribution in [1.82, 2.24) is 4.90 Å². The third-order valence-corrected chi connectivity index (χ3v) is 4.12. The molecule has 1 fully saturated rings. The van der Waals surface area contributed by atoms with Crippen molar-refractivity contribution in [3.8, 4) is 5.75 Å². The summed E-state index contributed by atoms with van der Waals surface area (Å²) in [7, 11) is 1.65. The number of likely N-dealkylation sites (tertiary alicyclic amines) is 1. The molecule has 3 heteroatoms. The molecule has 1 heterocycles. The molecule has 0 aliphatic carbocycles. The van der Waals surface area contributed by atoms with Crippen LogP contribution < -0.4 is 10.5 Å². The summed E-state index contributed by atoms with van der Waals surface area (Å²) in [6.07, 6.45) is 1.30. The van der Waals surface area contributed by atoms with Crippen molar-refractivity contribution in [1.29, 1.82) is 0 Å². The molecule has 0 saturated carbocycles. The number of hydrogen-bond donors (Lipinski definition) is 1. The number of hydrogen-bond acceptors (Lipinski definition) is 3. The molecule has 100 valence electrons. The second-order valence-electron chi connectivity index (χ2n) is 5.55. The third kappa shape index (κ3) is 2.96.